The molecule has 0 unspecified atom stereocenters. The van der Waals surface area contributed by atoms with Crippen molar-refractivity contribution in [1.29, 1.82) is 0 Å². The van der Waals surface area contributed by atoms with E-state index in [1.807, 2.05) is 0 Å². The van der Waals surface area contributed by atoms with Crippen LogP contribution in [0.3, 0.4) is 0 Å². The van der Waals surface area contributed by atoms with Gasteiger partial charge in [-0.05, 0) is 38.5 Å². The number of carbonyl (C=O) groups is 1. The summed E-state index contributed by atoms with van der Waals surface area (Å²) < 4.78 is 1.42. The maximum Gasteiger partial charge on any atom is 0.303 e. The molecule has 0 aromatic rings. The van der Waals surface area contributed by atoms with Gasteiger partial charge < -0.3 is 14.7 Å². The molecule has 0 rings (SSSR count). The van der Waals surface area contributed by atoms with Crippen LogP contribution in [-0.2, 0) is 4.79 Å². The van der Waals surface area contributed by atoms with Gasteiger partial charge in [-0.2, -0.15) is 0 Å². The molecule has 0 aromatic carbocycles. The highest BCUT2D eigenvalue weighted by Crippen LogP contribution is 2.16. The van der Waals surface area contributed by atoms with Gasteiger partial charge in [-0.1, -0.05) is 124 Å². The van der Waals surface area contributed by atoms with Crippen LogP contribution in [0.4, 0.5) is 0 Å². The third kappa shape index (κ3) is 28.0. The van der Waals surface area contributed by atoms with E-state index in [4.69, 9.17) is 10.2 Å². The molecule has 0 aromatic heterocycles. The Morgan fingerprint density at radius 3 is 1.00 bits per heavy atom. The maximum absolute atomic E-state index is 10.3. The van der Waals surface area contributed by atoms with Crippen LogP contribution in [0.1, 0.15) is 169 Å². The van der Waals surface area contributed by atoms with E-state index in [1.54, 1.807) is 0 Å². The van der Waals surface area contributed by atoms with E-state index < -0.39 is 5.97 Å². The van der Waals surface area contributed by atoms with Gasteiger partial charge in [-0.3, -0.25) is 4.79 Å². The second kappa shape index (κ2) is 30.6. The highest BCUT2D eigenvalue weighted by atomic mass is 16.4. The first-order valence-electron chi connectivity index (χ1n) is 16.2. The first kappa shape index (κ1) is 37.5. The molecule has 0 aliphatic carbocycles. The molecule has 0 heterocycles. The summed E-state index contributed by atoms with van der Waals surface area (Å²) in [5.74, 6) is -0.668. The Labute approximate surface area is 227 Å². The van der Waals surface area contributed by atoms with Crippen molar-refractivity contribution in [1.82, 2.24) is 0 Å². The van der Waals surface area contributed by atoms with Gasteiger partial charge in [0.1, 0.15) is 0 Å². The Morgan fingerprint density at radius 2 is 0.750 bits per heavy atom. The van der Waals surface area contributed by atoms with E-state index in [0.717, 1.165) is 19.3 Å². The van der Waals surface area contributed by atoms with Crippen molar-refractivity contribution in [2.24, 2.45) is 0 Å². The number of aliphatic carboxylic acids is 1. The molecule has 0 saturated carbocycles. The number of hydrogen-bond donors (Lipinski definition) is 2. The maximum atomic E-state index is 10.3. The van der Waals surface area contributed by atoms with Crippen LogP contribution in [0, 0.1) is 0 Å². The van der Waals surface area contributed by atoms with Crippen LogP contribution in [0.25, 0.3) is 0 Å². The third-order valence-corrected chi connectivity index (χ3v) is 7.49. The summed E-state index contributed by atoms with van der Waals surface area (Å²) in [4.78, 5) is 10.3. The molecule has 36 heavy (non-hydrogen) atoms. The van der Waals surface area contributed by atoms with Crippen LogP contribution < -0.4 is 0 Å². The fourth-order valence-corrected chi connectivity index (χ4v) is 4.98. The summed E-state index contributed by atoms with van der Waals surface area (Å²) in [6.45, 7) is 15.4. The second-order valence-electron chi connectivity index (χ2n) is 11.1. The highest BCUT2D eigenvalue weighted by molar-refractivity contribution is 5.66. The third-order valence-electron chi connectivity index (χ3n) is 7.49. The van der Waals surface area contributed by atoms with Gasteiger partial charge in [0, 0.05) is 13.0 Å². The summed E-state index contributed by atoms with van der Waals surface area (Å²) in [6, 6.07) is 0. The zero-order chi connectivity index (χ0) is 27.2. The minimum Gasteiger partial charge on any atom is -0.481 e. The van der Waals surface area contributed by atoms with Crippen molar-refractivity contribution in [2.45, 2.75) is 169 Å². The van der Waals surface area contributed by atoms with Gasteiger partial charge >= 0.3 is 5.97 Å². The molecule has 4 nitrogen and oxygen atoms in total. The minimum atomic E-state index is -0.668. The highest BCUT2D eigenvalue weighted by Gasteiger charge is 2.24. The lowest BCUT2D eigenvalue weighted by atomic mass is 10.0. The summed E-state index contributed by atoms with van der Waals surface area (Å²) >= 11 is 0. The van der Waals surface area contributed by atoms with E-state index >= 15 is 0 Å². The van der Waals surface area contributed by atoms with Gasteiger partial charge in [-0.15, -0.1) is 0 Å². The van der Waals surface area contributed by atoms with E-state index in [9.17, 15) is 4.79 Å². The van der Waals surface area contributed by atoms with Crippen molar-refractivity contribution < 1.29 is 19.5 Å². The molecule has 0 atom stereocenters. The van der Waals surface area contributed by atoms with Gasteiger partial charge in [0.05, 0.1) is 26.2 Å². The smallest absolute Gasteiger partial charge is 0.303 e. The molecule has 4 heteroatoms. The number of hydrogen-bond acceptors (Lipinski definition) is 2. The van der Waals surface area contributed by atoms with Gasteiger partial charge in [-0.25, -0.2) is 0 Å². The fraction of sp³-hybridized carbons (Fsp3) is 0.969. The molecular formula is C32H68NO3+. The number of rotatable bonds is 27. The summed E-state index contributed by atoms with van der Waals surface area (Å²) in [7, 11) is 0. The Morgan fingerprint density at radius 1 is 0.472 bits per heavy atom. The number of unbranched alkanes of at least 4 members (excludes halogenated alkanes) is 16. The van der Waals surface area contributed by atoms with Gasteiger partial charge in [0.2, 0.25) is 0 Å². The lowest BCUT2D eigenvalue weighted by molar-refractivity contribution is -0.929. The average molecular weight is 515 g/mol. The Balaban J connectivity index is 0. The minimum absolute atomic E-state index is 0.330. The molecule has 218 valence electrons. The Hall–Kier alpha value is -0.610. The lowest BCUT2D eigenvalue weighted by Gasteiger charge is -2.39. The molecule has 0 bridgehead atoms. The van der Waals surface area contributed by atoms with E-state index in [-0.39, 0.29) is 0 Å². The first-order chi connectivity index (χ1) is 17.5. The molecule has 0 amide bonds. The average Bonchev–Trinajstić information content (AvgIpc) is 2.88. The second-order valence-corrected chi connectivity index (χ2v) is 11.1. The van der Waals surface area contributed by atoms with Crippen molar-refractivity contribution >= 4 is 5.97 Å². The largest absolute Gasteiger partial charge is 0.481 e. The summed E-state index contributed by atoms with van der Waals surface area (Å²) in [5.41, 5.74) is 0. The van der Waals surface area contributed by atoms with Gasteiger partial charge in [0.25, 0.3) is 0 Å². The number of carboxylic acids is 1. The quantitative estimate of drug-likeness (QED) is 0.0847. The predicted octanol–water partition coefficient (Wildman–Crippen LogP) is 9.53. The standard InChI is InChI=1S/C16H36N.C16H32O3/c1-5-9-13-17(14-10-6-2,15-11-7-3)16-12-8-4;17-15-13-11-9-7-5-3-1-2-4-6-8-10-12-14-16(18)19/h5-16H2,1-4H3;17H,1-15H2,(H,18,19)/q+1;. The number of aliphatic hydroxyl groups excluding tert-OH is 1. The molecule has 0 radical (unpaired) electrons. The van der Waals surface area contributed by atoms with E-state index in [1.165, 1.54) is 146 Å². The van der Waals surface area contributed by atoms with Crippen LogP contribution in [0.2, 0.25) is 0 Å². The van der Waals surface area contributed by atoms with E-state index in [2.05, 4.69) is 27.7 Å². The molecule has 0 saturated heterocycles. The molecular weight excluding hydrogens is 446 g/mol. The lowest BCUT2D eigenvalue weighted by Crippen LogP contribution is -2.50. The van der Waals surface area contributed by atoms with Crippen molar-refractivity contribution in [3.8, 4) is 0 Å². The number of carboxylic acid groups (broad SMARTS) is 1. The van der Waals surface area contributed by atoms with Crippen LogP contribution >= 0.6 is 0 Å². The molecule has 0 aliphatic heterocycles. The number of aliphatic hydroxyl groups is 1. The monoisotopic (exact) mass is 515 g/mol. The SMILES string of the molecule is CCCC[N+](CCCC)(CCCC)CCCC.O=C(O)CCCCCCCCCCCCCCCO. The summed E-state index contributed by atoms with van der Waals surface area (Å²) in [5, 5.41) is 17.1. The first-order valence-corrected chi connectivity index (χ1v) is 16.2. The van der Waals surface area contributed by atoms with Crippen molar-refractivity contribution in [3.05, 3.63) is 0 Å². The van der Waals surface area contributed by atoms with Gasteiger partial charge in [0.15, 0.2) is 0 Å². The Kier molecular flexibility index (Phi) is 31.9. The molecule has 0 spiro atoms. The number of quaternary nitrogens is 1. The normalized spacial score (nSPS) is 11.4. The zero-order valence-corrected chi connectivity index (χ0v) is 25.3. The van der Waals surface area contributed by atoms with Crippen LogP contribution in [0.15, 0.2) is 0 Å². The predicted molar refractivity (Wildman–Crippen MR) is 159 cm³/mol. The van der Waals surface area contributed by atoms with Crippen molar-refractivity contribution in [2.75, 3.05) is 32.8 Å². The molecule has 0 aliphatic rings. The van der Waals surface area contributed by atoms with Crippen LogP contribution in [-0.4, -0.2) is 53.5 Å². The van der Waals surface area contributed by atoms with Crippen molar-refractivity contribution in [3.63, 3.8) is 0 Å². The Bertz CT molecular complexity index is 390. The summed E-state index contributed by atoms with van der Waals surface area (Å²) in [6.07, 6.45) is 27.1. The van der Waals surface area contributed by atoms with E-state index in [0.29, 0.717) is 13.0 Å². The molecule has 2 N–H and O–H groups in total. The topological polar surface area (TPSA) is 57.5 Å². The number of nitrogens with zero attached hydrogens (tertiary/aromatic N) is 1. The molecule has 0 fully saturated rings. The fourth-order valence-electron chi connectivity index (χ4n) is 4.98. The van der Waals surface area contributed by atoms with Crippen LogP contribution in [0.5, 0.6) is 0 Å². The zero-order valence-electron chi connectivity index (χ0n) is 25.3.